The van der Waals surface area contributed by atoms with Crippen LogP contribution in [0.2, 0.25) is 0 Å². The smallest absolute Gasteiger partial charge is 0.334 e. The number of methoxy groups -OCH3 is 5. The molecular weight excluding hydrogens is 488 g/mol. The average Bonchev–Trinajstić information content (AvgIpc) is 2.97. The van der Waals surface area contributed by atoms with Crippen LogP contribution in [0.4, 0.5) is 0 Å². The molecule has 198 valence electrons. The largest absolute Gasteiger partial charge is 0.493 e. The molecule has 38 heavy (non-hydrogen) atoms. The summed E-state index contributed by atoms with van der Waals surface area (Å²) in [5.74, 6) is -0.833. The number of esters is 2. The fourth-order valence-corrected chi connectivity index (χ4v) is 4.72. The summed E-state index contributed by atoms with van der Waals surface area (Å²) in [5, 5.41) is 0. The normalized spacial score (nSPS) is 16.0. The number of carbonyl (C=O) groups excluding carboxylic acids is 2. The molecule has 8 heteroatoms. The van der Waals surface area contributed by atoms with Gasteiger partial charge < -0.3 is 28.4 Å². The molecule has 0 unspecified atom stereocenters. The van der Waals surface area contributed by atoms with Gasteiger partial charge in [0.05, 0.1) is 47.0 Å². The topological polar surface area (TPSA) is 89.5 Å². The first-order chi connectivity index (χ1) is 18.4. The van der Waals surface area contributed by atoms with Crippen LogP contribution in [-0.2, 0) is 25.7 Å². The Hall–Kier alpha value is -4.46. The highest BCUT2D eigenvalue weighted by Crippen LogP contribution is 2.48. The van der Waals surface area contributed by atoms with E-state index in [1.54, 1.807) is 38.5 Å². The number of benzene rings is 3. The second kappa shape index (κ2) is 11.7. The van der Waals surface area contributed by atoms with E-state index in [0.717, 1.165) is 11.1 Å². The molecule has 0 radical (unpaired) electrons. The summed E-state index contributed by atoms with van der Waals surface area (Å²) >= 11 is 0. The van der Waals surface area contributed by atoms with Crippen molar-refractivity contribution >= 4 is 18.0 Å². The Bertz CT molecular complexity index is 1350. The van der Waals surface area contributed by atoms with E-state index < -0.39 is 23.8 Å². The Morgan fingerprint density at radius 2 is 1.37 bits per heavy atom. The van der Waals surface area contributed by atoms with E-state index in [0.29, 0.717) is 34.1 Å². The molecule has 0 saturated carbocycles. The zero-order valence-electron chi connectivity index (χ0n) is 22.0. The van der Waals surface area contributed by atoms with Gasteiger partial charge in [-0.1, -0.05) is 36.4 Å². The molecule has 2 atom stereocenters. The Labute approximate surface area is 221 Å². The van der Waals surface area contributed by atoms with Crippen molar-refractivity contribution in [2.45, 2.75) is 12.5 Å². The monoisotopic (exact) mass is 518 g/mol. The van der Waals surface area contributed by atoms with Crippen LogP contribution in [0.25, 0.3) is 6.08 Å². The van der Waals surface area contributed by atoms with Crippen molar-refractivity contribution in [2.75, 3.05) is 35.5 Å². The van der Waals surface area contributed by atoms with Crippen LogP contribution >= 0.6 is 0 Å². The van der Waals surface area contributed by atoms with Crippen LogP contribution in [0, 0.1) is 5.92 Å². The van der Waals surface area contributed by atoms with Gasteiger partial charge in [-0.2, -0.15) is 0 Å². The first-order valence-corrected chi connectivity index (χ1v) is 11.9. The molecule has 0 aliphatic heterocycles. The number of fused-ring (bicyclic) bond motifs is 1. The minimum absolute atomic E-state index is 0.0576. The molecule has 4 rings (SSSR count). The summed E-state index contributed by atoms with van der Waals surface area (Å²) in [5.41, 5.74) is 3.16. The van der Waals surface area contributed by atoms with Gasteiger partial charge in [-0.05, 0) is 52.6 Å². The number of rotatable bonds is 9. The number of hydrogen-bond acceptors (Lipinski definition) is 8. The van der Waals surface area contributed by atoms with Crippen LogP contribution in [-0.4, -0.2) is 47.5 Å². The molecule has 0 fully saturated rings. The van der Waals surface area contributed by atoms with Crippen molar-refractivity contribution in [2.24, 2.45) is 5.92 Å². The molecule has 0 spiro atoms. The Kier molecular flexibility index (Phi) is 8.21. The maximum atomic E-state index is 13.8. The van der Waals surface area contributed by atoms with Crippen molar-refractivity contribution in [3.63, 3.8) is 0 Å². The molecule has 3 aromatic carbocycles. The third kappa shape index (κ3) is 5.16. The predicted octanol–water partition coefficient (Wildman–Crippen LogP) is 4.78. The van der Waals surface area contributed by atoms with Gasteiger partial charge in [-0.15, -0.1) is 0 Å². The number of ether oxygens (including phenoxy) is 6. The Morgan fingerprint density at radius 3 is 2.00 bits per heavy atom. The molecule has 1 aliphatic rings. The van der Waals surface area contributed by atoms with E-state index in [9.17, 15) is 9.59 Å². The van der Waals surface area contributed by atoms with Gasteiger partial charge in [-0.25, -0.2) is 4.79 Å². The summed E-state index contributed by atoms with van der Waals surface area (Å²) in [4.78, 5) is 26.8. The van der Waals surface area contributed by atoms with Gasteiger partial charge in [-0.3, -0.25) is 4.79 Å². The van der Waals surface area contributed by atoms with Crippen molar-refractivity contribution in [1.82, 2.24) is 0 Å². The van der Waals surface area contributed by atoms with Crippen LogP contribution in [0.15, 0.2) is 66.2 Å². The summed E-state index contributed by atoms with van der Waals surface area (Å²) < 4.78 is 32.9. The first-order valence-electron chi connectivity index (χ1n) is 11.9. The van der Waals surface area contributed by atoms with Crippen molar-refractivity contribution < 1.29 is 38.0 Å². The highest BCUT2D eigenvalue weighted by Gasteiger charge is 2.43. The molecule has 0 aromatic heterocycles. The lowest BCUT2D eigenvalue weighted by Gasteiger charge is -2.33. The zero-order valence-corrected chi connectivity index (χ0v) is 22.0. The SMILES string of the molecule is COC(=O)C1=Cc2cc(OC)c(OC)cc2[C@@H](c2ccc(OC)c(OC)c2)[C@@H]1C(=O)OCc1ccccc1. The summed E-state index contributed by atoms with van der Waals surface area (Å²) in [6, 6.07) is 18.3. The maximum absolute atomic E-state index is 13.8. The average molecular weight is 519 g/mol. The van der Waals surface area contributed by atoms with E-state index in [1.165, 1.54) is 21.3 Å². The van der Waals surface area contributed by atoms with Crippen LogP contribution in [0.5, 0.6) is 23.0 Å². The molecule has 8 nitrogen and oxygen atoms in total. The van der Waals surface area contributed by atoms with E-state index in [1.807, 2.05) is 42.5 Å². The van der Waals surface area contributed by atoms with E-state index in [-0.39, 0.29) is 12.2 Å². The second-order valence-corrected chi connectivity index (χ2v) is 8.59. The highest BCUT2D eigenvalue weighted by molar-refractivity contribution is 6.02. The van der Waals surface area contributed by atoms with Crippen molar-refractivity contribution in [1.29, 1.82) is 0 Å². The minimum atomic E-state index is -1.00. The van der Waals surface area contributed by atoms with E-state index in [2.05, 4.69) is 0 Å². The number of carbonyl (C=O) groups is 2. The Balaban J connectivity index is 1.90. The summed E-state index contributed by atoms with van der Waals surface area (Å²) in [7, 11) is 7.45. The fourth-order valence-electron chi connectivity index (χ4n) is 4.72. The standard InChI is InChI=1S/C30H30O8/c1-33-23-12-11-19(14-24(23)34-2)27-21-16-26(36-4)25(35-3)15-20(21)13-22(29(31)37-5)28(27)30(32)38-17-18-9-7-6-8-10-18/h6-16,27-28H,17H2,1-5H3/t27-,28-/m1/s1. The van der Waals surface area contributed by atoms with Crippen LogP contribution in [0.3, 0.4) is 0 Å². The van der Waals surface area contributed by atoms with Gasteiger partial charge in [0.25, 0.3) is 0 Å². The molecule has 0 N–H and O–H groups in total. The molecule has 0 saturated heterocycles. The molecular formula is C30H30O8. The molecule has 0 bridgehead atoms. The van der Waals surface area contributed by atoms with Gasteiger partial charge in [0.2, 0.25) is 0 Å². The van der Waals surface area contributed by atoms with Gasteiger partial charge >= 0.3 is 11.9 Å². The van der Waals surface area contributed by atoms with Crippen molar-refractivity contribution in [3.05, 3.63) is 88.5 Å². The fraction of sp³-hybridized carbons (Fsp3) is 0.267. The minimum Gasteiger partial charge on any atom is -0.493 e. The lowest BCUT2D eigenvalue weighted by Crippen LogP contribution is -2.33. The van der Waals surface area contributed by atoms with Crippen LogP contribution < -0.4 is 18.9 Å². The lowest BCUT2D eigenvalue weighted by molar-refractivity contribution is -0.151. The quantitative estimate of drug-likeness (QED) is 0.374. The zero-order chi connectivity index (χ0) is 27.2. The molecule has 3 aromatic rings. The molecule has 1 aliphatic carbocycles. The summed E-state index contributed by atoms with van der Waals surface area (Å²) in [6.07, 6.45) is 1.65. The summed E-state index contributed by atoms with van der Waals surface area (Å²) in [6.45, 7) is 0.0576. The van der Waals surface area contributed by atoms with E-state index >= 15 is 0 Å². The van der Waals surface area contributed by atoms with Gasteiger partial charge in [0, 0.05) is 5.92 Å². The molecule has 0 amide bonds. The number of hydrogen-bond donors (Lipinski definition) is 0. The predicted molar refractivity (Wildman–Crippen MR) is 141 cm³/mol. The first kappa shape index (κ1) is 26.6. The van der Waals surface area contributed by atoms with Gasteiger partial charge in [0.15, 0.2) is 23.0 Å². The lowest BCUT2D eigenvalue weighted by atomic mass is 9.71. The molecule has 0 heterocycles. The third-order valence-electron chi connectivity index (χ3n) is 6.57. The van der Waals surface area contributed by atoms with E-state index in [4.69, 9.17) is 28.4 Å². The van der Waals surface area contributed by atoms with Gasteiger partial charge in [0.1, 0.15) is 6.61 Å². The highest BCUT2D eigenvalue weighted by atomic mass is 16.5. The Morgan fingerprint density at radius 1 is 0.737 bits per heavy atom. The van der Waals surface area contributed by atoms with Crippen molar-refractivity contribution in [3.8, 4) is 23.0 Å². The third-order valence-corrected chi connectivity index (χ3v) is 6.57. The van der Waals surface area contributed by atoms with Crippen LogP contribution in [0.1, 0.15) is 28.2 Å². The second-order valence-electron chi connectivity index (χ2n) is 8.59. The maximum Gasteiger partial charge on any atom is 0.334 e.